The van der Waals surface area contributed by atoms with Gasteiger partial charge in [0.1, 0.15) is 0 Å². The molecule has 2 aromatic rings. The number of aromatic amines is 1. The zero-order valence-electron chi connectivity index (χ0n) is 11.8. The third kappa shape index (κ3) is 2.90. The second-order valence-corrected chi connectivity index (χ2v) is 4.90. The Hall–Kier alpha value is -2.50. The van der Waals surface area contributed by atoms with Crippen LogP contribution in [0.3, 0.4) is 0 Å². The monoisotopic (exact) mass is 273 g/mol. The van der Waals surface area contributed by atoms with Crippen molar-refractivity contribution in [2.75, 3.05) is 25.1 Å². The fourth-order valence-electron chi connectivity index (χ4n) is 1.89. The first kappa shape index (κ1) is 13.9. The van der Waals surface area contributed by atoms with Gasteiger partial charge in [0.15, 0.2) is 0 Å². The molecule has 0 aliphatic heterocycles. The van der Waals surface area contributed by atoms with Crippen LogP contribution in [0.2, 0.25) is 0 Å². The van der Waals surface area contributed by atoms with Gasteiger partial charge in [-0.05, 0) is 25.1 Å². The lowest BCUT2D eigenvalue weighted by atomic mass is 10.1. The molecular formula is C14H19N5O. The second-order valence-electron chi connectivity index (χ2n) is 4.90. The maximum absolute atomic E-state index is 12.0. The van der Waals surface area contributed by atoms with E-state index in [-0.39, 0.29) is 11.9 Å². The molecule has 0 saturated carbocycles. The molecule has 106 valence electrons. The average Bonchev–Trinajstić information content (AvgIpc) is 2.94. The Bertz CT molecular complexity index is 592. The van der Waals surface area contributed by atoms with E-state index in [9.17, 15) is 4.79 Å². The predicted molar refractivity (Wildman–Crippen MR) is 79.5 cm³/mol. The largest absolute Gasteiger partial charge is 0.397 e. The van der Waals surface area contributed by atoms with Crippen LogP contribution < -0.4 is 11.1 Å². The molecule has 1 amide bonds. The van der Waals surface area contributed by atoms with E-state index in [1.54, 1.807) is 38.5 Å². The molecular weight excluding hydrogens is 254 g/mol. The van der Waals surface area contributed by atoms with Crippen molar-refractivity contribution in [3.8, 4) is 0 Å². The van der Waals surface area contributed by atoms with E-state index in [4.69, 9.17) is 5.73 Å². The van der Waals surface area contributed by atoms with E-state index in [2.05, 4.69) is 15.5 Å². The Balaban J connectivity index is 2.23. The maximum Gasteiger partial charge on any atom is 0.253 e. The van der Waals surface area contributed by atoms with Crippen LogP contribution in [0.15, 0.2) is 30.6 Å². The van der Waals surface area contributed by atoms with E-state index >= 15 is 0 Å². The zero-order valence-corrected chi connectivity index (χ0v) is 11.8. The normalized spacial score (nSPS) is 11.9. The summed E-state index contributed by atoms with van der Waals surface area (Å²) in [5, 5.41) is 9.98. The van der Waals surface area contributed by atoms with Gasteiger partial charge in [0.25, 0.3) is 5.91 Å². The fourth-order valence-corrected chi connectivity index (χ4v) is 1.89. The molecule has 6 nitrogen and oxygen atoms in total. The molecule has 4 N–H and O–H groups in total. The second kappa shape index (κ2) is 5.64. The van der Waals surface area contributed by atoms with Gasteiger partial charge >= 0.3 is 0 Å². The molecule has 20 heavy (non-hydrogen) atoms. The Morgan fingerprint density at radius 1 is 1.45 bits per heavy atom. The summed E-state index contributed by atoms with van der Waals surface area (Å²) < 4.78 is 0. The molecule has 1 atom stereocenters. The summed E-state index contributed by atoms with van der Waals surface area (Å²) in [6, 6.07) is 5.28. The third-order valence-corrected chi connectivity index (χ3v) is 3.10. The highest BCUT2D eigenvalue weighted by Crippen LogP contribution is 2.25. The number of rotatable bonds is 4. The van der Waals surface area contributed by atoms with Crippen LogP contribution in [-0.4, -0.2) is 35.1 Å². The Morgan fingerprint density at radius 3 is 2.80 bits per heavy atom. The minimum Gasteiger partial charge on any atom is -0.397 e. The van der Waals surface area contributed by atoms with Crippen LogP contribution in [0, 0.1) is 0 Å². The summed E-state index contributed by atoms with van der Waals surface area (Å²) in [4.78, 5) is 13.5. The molecule has 0 saturated heterocycles. The van der Waals surface area contributed by atoms with Gasteiger partial charge in [-0.1, -0.05) is 0 Å². The van der Waals surface area contributed by atoms with Gasteiger partial charge in [-0.2, -0.15) is 5.10 Å². The lowest BCUT2D eigenvalue weighted by molar-refractivity contribution is 0.0827. The van der Waals surface area contributed by atoms with Gasteiger partial charge in [-0.15, -0.1) is 0 Å². The van der Waals surface area contributed by atoms with Gasteiger partial charge in [0.2, 0.25) is 0 Å². The van der Waals surface area contributed by atoms with Crippen LogP contribution in [0.5, 0.6) is 0 Å². The Labute approximate surface area is 118 Å². The first-order valence-corrected chi connectivity index (χ1v) is 6.35. The molecule has 0 aliphatic carbocycles. The lowest BCUT2D eigenvalue weighted by Crippen LogP contribution is -2.22. The van der Waals surface area contributed by atoms with Crippen molar-refractivity contribution in [1.82, 2.24) is 15.1 Å². The van der Waals surface area contributed by atoms with Crippen molar-refractivity contribution in [3.05, 3.63) is 41.7 Å². The van der Waals surface area contributed by atoms with Crippen LogP contribution >= 0.6 is 0 Å². The number of nitrogens with one attached hydrogen (secondary N) is 2. The number of nitrogen functional groups attached to an aromatic ring is 1. The molecule has 6 heteroatoms. The van der Waals surface area contributed by atoms with Gasteiger partial charge in [-0.3, -0.25) is 9.89 Å². The summed E-state index contributed by atoms with van der Waals surface area (Å²) in [5.41, 5.74) is 8.93. The highest BCUT2D eigenvalue weighted by atomic mass is 16.2. The number of hydrogen-bond acceptors (Lipinski definition) is 4. The number of anilines is 2. The number of carbonyl (C=O) groups is 1. The number of nitrogens with two attached hydrogens (primary N) is 1. The molecule has 0 aliphatic rings. The van der Waals surface area contributed by atoms with E-state index in [0.29, 0.717) is 11.3 Å². The van der Waals surface area contributed by atoms with E-state index in [1.807, 2.05) is 13.1 Å². The Morgan fingerprint density at radius 2 is 2.20 bits per heavy atom. The first-order chi connectivity index (χ1) is 9.49. The van der Waals surface area contributed by atoms with Crippen molar-refractivity contribution < 1.29 is 4.79 Å². The summed E-state index contributed by atoms with van der Waals surface area (Å²) in [7, 11) is 3.44. The summed E-state index contributed by atoms with van der Waals surface area (Å²) in [5.74, 6) is -0.0518. The van der Waals surface area contributed by atoms with E-state index in [0.717, 1.165) is 11.3 Å². The minimum atomic E-state index is -0.0518. The molecule has 1 unspecified atom stereocenters. The van der Waals surface area contributed by atoms with Crippen molar-refractivity contribution >= 4 is 17.3 Å². The quantitative estimate of drug-likeness (QED) is 0.742. The van der Waals surface area contributed by atoms with Gasteiger partial charge in [0, 0.05) is 31.4 Å². The zero-order chi connectivity index (χ0) is 14.7. The predicted octanol–water partition coefficient (Wildman–Crippen LogP) is 1.87. The smallest absolute Gasteiger partial charge is 0.253 e. The van der Waals surface area contributed by atoms with Crippen molar-refractivity contribution in [2.24, 2.45) is 0 Å². The highest BCUT2D eigenvalue weighted by Gasteiger charge is 2.12. The SMILES string of the molecule is CC(Nc1cc(C(=O)N(C)C)ccc1N)c1cn[nH]c1. The standard InChI is InChI=1S/C14H19N5O/c1-9(11-7-16-17-8-11)18-13-6-10(4-5-12(13)15)14(20)19(2)3/h4-9,18H,15H2,1-3H3,(H,16,17). The molecule has 0 spiro atoms. The van der Waals surface area contributed by atoms with Crippen molar-refractivity contribution in [1.29, 1.82) is 0 Å². The van der Waals surface area contributed by atoms with E-state index < -0.39 is 0 Å². The van der Waals surface area contributed by atoms with Crippen LogP contribution in [0.4, 0.5) is 11.4 Å². The number of benzene rings is 1. The van der Waals surface area contributed by atoms with Crippen LogP contribution in [0.25, 0.3) is 0 Å². The van der Waals surface area contributed by atoms with Gasteiger partial charge < -0.3 is 16.0 Å². The average molecular weight is 273 g/mol. The molecule has 0 radical (unpaired) electrons. The van der Waals surface area contributed by atoms with Gasteiger partial charge in [-0.25, -0.2) is 0 Å². The number of nitrogens with zero attached hydrogens (tertiary/aromatic N) is 2. The topological polar surface area (TPSA) is 87.0 Å². The van der Waals surface area contributed by atoms with Gasteiger partial charge in [0.05, 0.1) is 23.6 Å². The highest BCUT2D eigenvalue weighted by molar-refractivity contribution is 5.95. The fraction of sp³-hybridized carbons (Fsp3) is 0.286. The summed E-state index contributed by atoms with van der Waals surface area (Å²) in [6.45, 7) is 2.00. The Kier molecular flexibility index (Phi) is 3.93. The lowest BCUT2D eigenvalue weighted by Gasteiger charge is -2.17. The first-order valence-electron chi connectivity index (χ1n) is 6.35. The van der Waals surface area contributed by atoms with Crippen molar-refractivity contribution in [3.63, 3.8) is 0 Å². The molecule has 0 bridgehead atoms. The molecule has 2 rings (SSSR count). The third-order valence-electron chi connectivity index (χ3n) is 3.10. The number of carbonyl (C=O) groups excluding carboxylic acids is 1. The number of amides is 1. The molecule has 1 heterocycles. The summed E-state index contributed by atoms with van der Waals surface area (Å²) >= 11 is 0. The number of hydrogen-bond donors (Lipinski definition) is 3. The van der Waals surface area contributed by atoms with E-state index in [1.165, 1.54) is 4.90 Å². The number of aromatic nitrogens is 2. The van der Waals surface area contributed by atoms with Crippen LogP contribution in [0.1, 0.15) is 28.9 Å². The number of H-pyrrole nitrogens is 1. The van der Waals surface area contributed by atoms with Crippen LogP contribution in [-0.2, 0) is 0 Å². The molecule has 0 fully saturated rings. The molecule has 1 aromatic carbocycles. The maximum atomic E-state index is 12.0. The minimum absolute atomic E-state index is 0.0424. The summed E-state index contributed by atoms with van der Waals surface area (Å²) in [6.07, 6.45) is 3.57. The molecule has 1 aromatic heterocycles. The van der Waals surface area contributed by atoms with Crippen molar-refractivity contribution in [2.45, 2.75) is 13.0 Å².